The fourth-order valence-corrected chi connectivity index (χ4v) is 4.83. The zero-order valence-electron chi connectivity index (χ0n) is 22.4. The lowest BCUT2D eigenvalue weighted by Crippen LogP contribution is -2.37. The van der Waals surface area contributed by atoms with E-state index in [4.69, 9.17) is 35.3 Å². The molecule has 2 aliphatic heterocycles. The van der Waals surface area contributed by atoms with Gasteiger partial charge in [-0.1, -0.05) is 17.5 Å². The molecule has 2 aromatic heterocycles. The minimum absolute atomic E-state index is 0.0365. The molecule has 0 bridgehead atoms. The number of aromatic nitrogens is 4. The third kappa shape index (κ3) is 6.05. The maximum Gasteiger partial charge on any atom is 0.231 e. The van der Waals surface area contributed by atoms with Crippen LogP contribution in [0.25, 0.3) is 10.9 Å². The number of rotatable bonds is 8. The van der Waals surface area contributed by atoms with Crippen LogP contribution in [-0.2, 0) is 4.74 Å². The van der Waals surface area contributed by atoms with Crippen molar-refractivity contribution >= 4 is 34.0 Å². The van der Waals surface area contributed by atoms with Crippen LogP contribution >= 0.6 is 11.6 Å². The number of hydrogen-bond acceptors (Lipinski definition) is 11. The SMILES string of the molecule is COc1cc2c(Nc3c(Cl)cc(C#Cc4cnccn4)c4c3OCO4)ncnc2cc1OCCCN1CCOCC1. The first-order valence-electron chi connectivity index (χ1n) is 13.1. The molecule has 0 amide bonds. The van der Waals surface area contributed by atoms with E-state index in [1.165, 1.54) is 6.33 Å². The Hall–Kier alpha value is -4.37. The largest absolute Gasteiger partial charge is 0.493 e. The molecular formula is C29H27ClN6O5. The van der Waals surface area contributed by atoms with Gasteiger partial charge >= 0.3 is 0 Å². The van der Waals surface area contributed by atoms with Crippen LogP contribution < -0.4 is 24.3 Å². The Morgan fingerprint density at radius 1 is 1.02 bits per heavy atom. The summed E-state index contributed by atoms with van der Waals surface area (Å²) in [6, 6.07) is 5.42. The fraction of sp³-hybridized carbons (Fsp3) is 0.310. The van der Waals surface area contributed by atoms with Crippen molar-refractivity contribution in [3.8, 4) is 34.8 Å². The molecule has 4 aromatic rings. The lowest BCUT2D eigenvalue weighted by molar-refractivity contribution is 0.0357. The van der Waals surface area contributed by atoms with Crippen LogP contribution in [0.2, 0.25) is 5.02 Å². The van der Waals surface area contributed by atoms with E-state index in [2.05, 4.69) is 42.0 Å². The zero-order valence-corrected chi connectivity index (χ0v) is 23.1. The number of hydrogen-bond donors (Lipinski definition) is 1. The highest BCUT2D eigenvalue weighted by Crippen LogP contribution is 2.47. The molecule has 12 heteroatoms. The molecule has 4 heterocycles. The Kier molecular flexibility index (Phi) is 8.13. The lowest BCUT2D eigenvalue weighted by Gasteiger charge is -2.26. The second kappa shape index (κ2) is 12.4. The van der Waals surface area contributed by atoms with E-state index >= 15 is 0 Å². The first-order chi connectivity index (χ1) is 20.2. The first kappa shape index (κ1) is 26.8. The standard InChI is InChI=1S/C29H27ClN6O5/c1-37-24-14-21-23(15-25(24)39-10-2-7-36-8-11-38-12-9-36)33-17-34-29(21)35-26-22(30)13-19(27-28(26)41-18-40-27)3-4-20-16-31-5-6-32-20/h5-6,13-17H,2,7-12,18H2,1H3,(H,33,34,35). The molecule has 1 saturated heterocycles. The number of methoxy groups -OCH3 is 1. The molecule has 0 atom stereocenters. The molecule has 2 aromatic carbocycles. The van der Waals surface area contributed by atoms with Crippen molar-refractivity contribution in [2.75, 3.05) is 58.7 Å². The summed E-state index contributed by atoms with van der Waals surface area (Å²) in [6.07, 6.45) is 7.12. The normalized spacial score (nSPS) is 14.4. The Morgan fingerprint density at radius 2 is 1.90 bits per heavy atom. The van der Waals surface area contributed by atoms with Crippen LogP contribution in [0.15, 0.2) is 43.1 Å². The van der Waals surface area contributed by atoms with E-state index in [9.17, 15) is 0 Å². The summed E-state index contributed by atoms with van der Waals surface area (Å²) in [5, 5.41) is 4.41. The summed E-state index contributed by atoms with van der Waals surface area (Å²) in [6.45, 7) is 5.02. The lowest BCUT2D eigenvalue weighted by atomic mass is 10.1. The number of halogens is 1. The molecule has 11 nitrogen and oxygen atoms in total. The van der Waals surface area contributed by atoms with Crippen LogP contribution in [0.1, 0.15) is 17.7 Å². The van der Waals surface area contributed by atoms with Gasteiger partial charge in [-0.2, -0.15) is 0 Å². The van der Waals surface area contributed by atoms with E-state index < -0.39 is 0 Å². The second-order valence-electron chi connectivity index (χ2n) is 9.21. The number of anilines is 2. The summed E-state index contributed by atoms with van der Waals surface area (Å²) >= 11 is 6.71. The first-order valence-corrected chi connectivity index (χ1v) is 13.5. The van der Waals surface area contributed by atoms with Crippen LogP contribution in [-0.4, -0.2) is 78.2 Å². The molecule has 1 fully saturated rings. The van der Waals surface area contributed by atoms with Crippen LogP contribution in [0, 0.1) is 11.8 Å². The molecule has 0 saturated carbocycles. The third-order valence-corrected chi connectivity index (χ3v) is 6.92. The fourth-order valence-electron chi connectivity index (χ4n) is 4.59. The van der Waals surface area contributed by atoms with Gasteiger partial charge in [0.1, 0.15) is 23.5 Å². The highest BCUT2D eigenvalue weighted by molar-refractivity contribution is 6.34. The van der Waals surface area contributed by atoms with Gasteiger partial charge in [0.2, 0.25) is 6.79 Å². The number of nitrogens with zero attached hydrogens (tertiary/aromatic N) is 5. The van der Waals surface area contributed by atoms with E-state index in [1.54, 1.807) is 31.8 Å². The van der Waals surface area contributed by atoms with E-state index in [1.807, 2.05) is 12.1 Å². The number of nitrogens with one attached hydrogen (secondary N) is 1. The topological polar surface area (TPSA) is 113 Å². The minimum Gasteiger partial charge on any atom is -0.493 e. The van der Waals surface area contributed by atoms with Crippen LogP contribution in [0.5, 0.6) is 23.0 Å². The van der Waals surface area contributed by atoms with Gasteiger partial charge in [0.05, 0.1) is 49.2 Å². The number of fused-ring (bicyclic) bond motifs is 2. The molecule has 0 unspecified atom stereocenters. The van der Waals surface area contributed by atoms with Crippen molar-refractivity contribution in [2.24, 2.45) is 0 Å². The van der Waals surface area contributed by atoms with E-state index in [0.29, 0.717) is 62.9 Å². The van der Waals surface area contributed by atoms with Gasteiger partial charge in [-0.05, 0) is 24.5 Å². The number of benzene rings is 2. The van der Waals surface area contributed by atoms with Gasteiger partial charge in [0.25, 0.3) is 0 Å². The molecule has 2 aliphatic rings. The van der Waals surface area contributed by atoms with E-state index in [-0.39, 0.29) is 6.79 Å². The van der Waals surface area contributed by atoms with Gasteiger partial charge in [-0.3, -0.25) is 9.88 Å². The smallest absolute Gasteiger partial charge is 0.231 e. The Morgan fingerprint density at radius 3 is 2.73 bits per heavy atom. The van der Waals surface area contributed by atoms with E-state index in [0.717, 1.165) is 44.7 Å². The highest BCUT2D eigenvalue weighted by atomic mass is 35.5. The van der Waals surface area contributed by atoms with Gasteiger partial charge < -0.3 is 29.0 Å². The number of morpholine rings is 1. The summed E-state index contributed by atoms with van der Waals surface area (Å²) in [5.41, 5.74) is 2.29. The average Bonchev–Trinajstić information content (AvgIpc) is 3.51. The molecule has 210 valence electrons. The summed E-state index contributed by atoms with van der Waals surface area (Å²) in [4.78, 5) is 19.5. The van der Waals surface area contributed by atoms with Crippen molar-refractivity contribution in [2.45, 2.75) is 6.42 Å². The summed E-state index contributed by atoms with van der Waals surface area (Å²) < 4.78 is 28.7. The maximum absolute atomic E-state index is 6.71. The number of ether oxygens (including phenoxy) is 5. The molecule has 6 rings (SSSR count). The molecule has 0 aliphatic carbocycles. The Bertz CT molecular complexity index is 1600. The molecule has 41 heavy (non-hydrogen) atoms. The van der Waals surface area contributed by atoms with Crippen LogP contribution in [0.4, 0.5) is 11.5 Å². The van der Waals surface area contributed by atoms with Crippen molar-refractivity contribution < 1.29 is 23.7 Å². The molecule has 0 radical (unpaired) electrons. The monoisotopic (exact) mass is 574 g/mol. The van der Waals surface area contributed by atoms with Crippen LogP contribution in [0.3, 0.4) is 0 Å². The van der Waals surface area contributed by atoms with Crippen molar-refractivity contribution in [3.63, 3.8) is 0 Å². The molecular weight excluding hydrogens is 548 g/mol. The third-order valence-electron chi connectivity index (χ3n) is 6.63. The Balaban J connectivity index is 1.24. The average molecular weight is 575 g/mol. The zero-order chi connectivity index (χ0) is 28.0. The molecule has 1 N–H and O–H groups in total. The predicted molar refractivity (Wildman–Crippen MR) is 152 cm³/mol. The van der Waals surface area contributed by atoms with Crippen molar-refractivity contribution in [3.05, 3.63) is 59.4 Å². The Labute approximate surface area is 241 Å². The summed E-state index contributed by atoms with van der Waals surface area (Å²) in [7, 11) is 1.61. The van der Waals surface area contributed by atoms with Gasteiger partial charge in [-0.25, -0.2) is 15.0 Å². The maximum atomic E-state index is 6.71. The van der Waals surface area contributed by atoms with Crippen molar-refractivity contribution in [1.29, 1.82) is 0 Å². The summed E-state index contributed by atoms with van der Waals surface area (Å²) in [5.74, 6) is 8.66. The minimum atomic E-state index is 0.0365. The predicted octanol–water partition coefficient (Wildman–Crippen LogP) is 4.06. The van der Waals surface area contributed by atoms with Gasteiger partial charge in [0, 0.05) is 43.5 Å². The molecule has 0 spiro atoms. The highest BCUT2D eigenvalue weighted by Gasteiger charge is 2.25. The quantitative estimate of drug-likeness (QED) is 0.243. The second-order valence-corrected chi connectivity index (χ2v) is 9.62. The van der Waals surface area contributed by atoms with Crippen molar-refractivity contribution in [1.82, 2.24) is 24.8 Å². The van der Waals surface area contributed by atoms with Gasteiger partial charge in [0.15, 0.2) is 23.0 Å². The van der Waals surface area contributed by atoms with Gasteiger partial charge in [-0.15, -0.1) is 0 Å².